The van der Waals surface area contributed by atoms with E-state index in [9.17, 15) is 9.59 Å². The van der Waals surface area contributed by atoms with Crippen LogP contribution in [0.5, 0.6) is 0 Å². The Labute approximate surface area is 138 Å². The van der Waals surface area contributed by atoms with Crippen LogP contribution in [0, 0.1) is 0 Å². The second-order valence-electron chi connectivity index (χ2n) is 5.85. The molecule has 4 N–H and O–H groups in total. The lowest BCUT2D eigenvalue weighted by Gasteiger charge is -2.29. The Morgan fingerprint density at radius 1 is 1.26 bits per heavy atom. The lowest BCUT2D eigenvalue weighted by atomic mass is 9.91. The fourth-order valence-electron chi connectivity index (χ4n) is 2.91. The standard InChI is InChI=1S/C15H21N5O2S/c16-6-5-13(21)17-10-1-3-11(4-2-10)18-14(22)12-9-20-7-8-23-15(20)19-12/h7-11H,1-6,16H2,(H,17,21)(H,18,22)/t10-,11-. The van der Waals surface area contributed by atoms with Crippen molar-refractivity contribution < 1.29 is 9.59 Å². The number of nitrogens with two attached hydrogens (primary N) is 1. The predicted molar refractivity (Wildman–Crippen MR) is 88.4 cm³/mol. The van der Waals surface area contributed by atoms with Crippen LogP contribution in [0.15, 0.2) is 17.8 Å². The number of nitrogens with one attached hydrogen (secondary N) is 2. The van der Waals surface area contributed by atoms with Crippen molar-refractivity contribution >= 4 is 28.1 Å². The van der Waals surface area contributed by atoms with E-state index < -0.39 is 0 Å². The highest BCUT2D eigenvalue weighted by Crippen LogP contribution is 2.19. The number of imidazole rings is 1. The van der Waals surface area contributed by atoms with Gasteiger partial charge in [-0.25, -0.2) is 4.98 Å². The molecule has 0 radical (unpaired) electrons. The summed E-state index contributed by atoms with van der Waals surface area (Å²) in [4.78, 5) is 28.9. The Hall–Kier alpha value is -1.93. The maximum atomic E-state index is 12.3. The zero-order chi connectivity index (χ0) is 16.2. The fraction of sp³-hybridized carbons (Fsp3) is 0.533. The minimum atomic E-state index is -0.128. The first-order valence-corrected chi connectivity index (χ1v) is 8.76. The van der Waals surface area contributed by atoms with E-state index in [1.54, 1.807) is 6.20 Å². The van der Waals surface area contributed by atoms with Gasteiger partial charge in [0.2, 0.25) is 5.91 Å². The molecule has 2 amide bonds. The predicted octanol–water partition coefficient (Wildman–Crippen LogP) is 0.902. The quantitative estimate of drug-likeness (QED) is 0.755. The molecule has 2 aromatic heterocycles. The first kappa shape index (κ1) is 15.9. The number of thiazole rings is 1. The van der Waals surface area contributed by atoms with Crippen LogP contribution in [0.2, 0.25) is 0 Å². The van der Waals surface area contributed by atoms with E-state index in [4.69, 9.17) is 5.73 Å². The minimum Gasteiger partial charge on any atom is -0.353 e. The molecule has 1 aliphatic rings. The van der Waals surface area contributed by atoms with Gasteiger partial charge in [0.25, 0.3) is 5.91 Å². The Morgan fingerprint density at radius 3 is 2.61 bits per heavy atom. The molecule has 8 heteroatoms. The van der Waals surface area contributed by atoms with Crippen LogP contribution >= 0.6 is 11.3 Å². The van der Waals surface area contributed by atoms with Crippen molar-refractivity contribution in [1.82, 2.24) is 20.0 Å². The molecule has 1 aliphatic carbocycles. The highest BCUT2D eigenvalue weighted by atomic mass is 32.1. The number of hydrogen-bond donors (Lipinski definition) is 3. The number of carbonyl (C=O) groups is 2. The number of nitrogens with zero attached hydrogens (tertiary/aromatic N) is 2. The molecule has 0 aromatic carbocycles. The molecule has 0 spiro atoms. The molecule has 0 bridgehead atoms. The van der Waals surface area contributed by atoms with Gasteiger partial charge in [-0.15, -0.1) is 11.3 Å². The van der Waals surface area contributed by atoms with Crippen LogP contribution in [0.25, 0.3) is 4.96 Å². The third kappa shape index (κ3) is 3.89. The Morgan fingerprint density at radius 2 is 1.96 bits per heavy atom. The summed E-state index contributed by atoms with van der Waals surface area (Å²) in [5.41, 5.74) is 5.83. The van der Waals surface area contributed by atoms with Crippen molar-refractivity contribution in [3.8, 4) is 0 Å². The van der Waals surface area contributed by atoms with Gasteiger partial charge in [-0.05, 0) is 25.7 Å². The molecule has 1 saturated carbocycles. The van der Waals surface area contributed by atoms with Gasteiger partial charge in [0.15, 0.2) is 4.96 Å². The van der Waals surface area contributed by atoms with Crippen LogP contribution in [0.3, 0.4) is 0 Å². The van der Waals surface area contributed by atoms with Crippen molar-refractivity contribution in [1.29, 1.82) is 0 Å². The number of aromatic nitrogens is 2. The molecule has 1 fully saturated rings. The number of fused-ring (bicyclic) bond motifs is 1. The third-order valence-electron chi connectivity index (χ3n) is 4.12. The van der Waals surface area contributed by atoms with Crippen molar-refractivity contribution in [2.45, 2.75) is 44.2 Å². The number of carbonyl (C=O) groups excluding carboxylic acids is 2. The van der Waals surface area contributed by atoms with Crippen molar-refractivity contribution in [3.05, 3.63) is 23.5 Å². The summed E-state index contributed by atoms with van der Waals surface area (Å²) >= 11 is 1.50. The van der Waals surface area contributed by atoms with Gasteiger partial charge >= 0.3 is 0 Å². The van der Waals surface area contributed by atoms with Crippen LogP contribution in [0.4, 0.5) is 0 Å². The van der Waals surface area contributed by atoms with Gasteiger partial charge in [0.1, 0.15) is 5.69 Å². The second-order valence-corrected chi connectivity index (χ2v) is 6.72. The summed E-state index contributed by atoms with van der Waals surface area (Å²) in [5, 5.41) is 7.97. The van der Waals surface area contributed by atoms with E-state index in [1.807, 2.05) is 16.0 Å². The summed E-state index contributed by atoms with van der Waals surface area (Å²) < 4.78 is 1.85. The average molecular weight is 335 g/mol. The third-order valence-corrected chi connectivity index (χ3v) is 4.90. The molecule has 0 atom stereocenters. The van der Waals surface area contributed by atoms with E-state index in [0.29, 0.717) is 18.7 Å². The fourth-order valence-corrected chi connectivity index (χ4v) is 3.61. The number of amides is 2. The number of hydrogen-bond acceptors (Lipinski definition) is 5. The molecule has 23 heavy (non-hydrogen) atoms. The first-order chi connectivity index (χ1) is 11.2. The minimum absolute atomic E-state index is 0.0121. The summed E-state index contributed by atoms with van der Waals surface area (Å²) in [6.07, 6.45) is 7.48. The lowest BCUT2D eigenvalue weighted by molar-refractivity contribution is -0.121. The van der Waals surface area contributed by atoms with Crippen molar-refractivity contribution in [3.63, 3.8) is 0 Å². The summed E-state index contributed by atoms with van der Waals surface area (Å²) in [6.45, 7) is 0.374. The Balaban J connectivity index is 1.47. The van der Waals surface area contributed by atoms with E-state index >= 15 is 0 Å². The topological polar surface area (TPSA) is 102 Å². The van der Waals surface area contributed by atoms with Gasteiger partial charge in [-0.2, -0.15) is 0 Å². The van der Waals surface area contributed by atoms with Gasteiger partial charge in [0, 0.05) is 42.8 Å². The molecular weight excluding hydrogens is 314 g/mol. The van der Waals surface area contributed by atoms with Crippen LogP contribution < -0.4 is 16.4 Å². The van der Waals surface area contributed by atoms with Crippen LogP contribution in [-0.2, 0) is 4.79 Å². The summed E-state index contributed by atoms with van der Waals surface area (Å²) in [5.74, 6) is -0.116. The zero-order valence-corrected chi connectivity index (χ0v) is 13.6. The summed E-state index contributed by atoms with van der Waals surface area (Å²) in [7, 11) is 0. The maximum Gasteiger partial charge on any atom is 0.271 e. The van der Waals surface area contributed by atoms with Gasteiger partial charge in [-0.3, -0.25) is 14.0 Å². The van der Waals surface area contributed by atoms with E-state index in [-0.39, 0.29) is 23.9 Å². The second kappa shape index (κ2) is 7.10. The molecule has 0 unspecified atom stereocenters. The van der Waals surface area contributed by atoms with Gasteiger partial charge in [-0.1, -0.05) is 0 Å². The van der Waals surface area contributed by atoms with Gasteiger partial charge < -0.3 is 16.4 Å². The highest BCUT2D eigenvalue weighted by Gasteiger charge is 2.24. The smallest absolute Gasteiger partial charge is 0.271 e. The lowest BCUT2D eigenvalue weighted by Crippen LogP contribution is -2.44. The molecule has 0 aliphatic heterocycles. The van der Waals surface area contributed by atoms with E-state index in [1.165, 1.54) is 11.3 Å². The van der Waals surface area contributed by atoms with Crippen molar-refractivity contribution in [2.24, 2.45) is 5.73 Å². The van der Waals surface area contributed by atoms with E-state index in [0.717, 1.165) is 30.6 Å². The van der Waals surface area contributed by atoms with Gasteiger partial charge in [0.05, 0.1) is 0 Å². The normalized spacial score (nSPS) is 21.3. The molecule has 7 nitrogen and oxygen atoms in total. The zero-order valence-electron chi connectivity index (χ0n) is 12.8. The number of rotatable bonds is 5. The molecule has 2 heterocycles. The van der Waals surface area contributed by atoms with Crippen LogP contribution in [-0.4, -0.2) is 39.8 Å². The molecule has 2 aromatic rings. The highest BCUT2D eigenvalue weighted by molar-refractivity contribution is 7.15. The maximum absolute atomic E-state index is 12.3. The molecular formula is C15H21N5O2S. The average Bonchev–Trinajstić information content (AvgIpc) is 3.11. The van der Waals surface area contributed by atoms with E-state index in [2.05, 4.69) is 15.6 Å². The molecule has 0 saturated heterocycles. The van der Waals surface area contributed by atoms with Crippen molar-refractivity contribution in [2.75, 3.05) is 6.54 Å². The first-order valence-electron chi connectivity index (χ1n) is 7.88. The Bertz CT molecular complexity index is 658. The SMILES string of the molecule is NCCC(=O)N[C@H]1CC[C@H](NC(=O)c2cn3ccsc3n2)CC1. The molecule has 3 rings (SSSR count). The largest absolute Gasteiger partial charge is 0.353 e. The monoisotopic (exact) mass is 335 g/mol. The summed E-state index contributed by atoms with van der Waals surface area (Å²) in [6, 6.07) is 0.338. The Kier molecular flexibility index (Phi) is 4.92. The van der Waals surface area contributed by atoms with Crippen LogP contribution in [0.1, 0.15) is 42.6 Å². The molecule has 124 valence electrons.